The monoisotopic (exact) mass is 182 g/mol. The number of phenols is 1. The van der Waals surface area contributed by atoms with E-state index in [1.54, 1.807) is 13.0 Å². The first-order chi connectivity index (χ1) is 6.11. The molecule has 0 fully saturated rings. The van der Waals surface area contributed by atoms with Crippen molar-refractivity contribution in [2.24, 2.45) is 0 Å². The van der Waals surface area contributed by atoms with Gasteiger partial charge in [-0.3, -0.25) is 0 Å². The van der Waals surface area contributed by atoms with Crippen molar-refractivity contribution in [3.05, 3.63) is 22.8 Å². The van der Waals surface area contributed by atoms with Crippen molar-refractivity contribution in [1.82, 2.24) is 0 Å². The summed E-state index contributed by atoms with van der Waals surface area (Å²) in [6, 6.07) is 1.76. The number of aliphatic hydroxyl groups excluding tert-OH is 1. The summed E-state index contributed by atoms with van der Waals surface area (Å²) in [5.74, 6) is 0.598. The molecule has 0 bridgehead atoms. The molecule has 0 atom stereocenters. The molecule has 0 heterocycles. The van der Waals surface area contributed by atoms with E-state index in [1.165, 1.54) is 7.11 Å². The number of benzene rings is 1. The van der Waals surface area contributed by atoms with Gasteiger partial charge in [0.15, 0.2) is 11.5 Å². The summed E-state index contributed by atoms with van der Waals surface area (Å²) in [4.78, 5) is 0. The summed E-state index contributed by atoms with van der Waals surface area (Å²) in [7, 11) is 1.50. The Bertz CT molecular complexity index is 318. The maximum Gasteiger partial charge on any atom is 0.164 e. The Kier molecular flexibility index (Phi) is 2.78. The van der Waals surface area contributed by atoms with Gasteiger partial charge < -0.3 is 14.9 Å². The molecule has 0 saturated heterocycles. The van der Waals surface area contributed by atoms with E-state index in [0.29, 0.717) is 11.3 Å². The first kappa shape index (κ1) is 9.86. The zero-order valence-electron chi connectivity index (χ0n) is 8.09. The second-order valence-electron chi connectivity index (χ2n) is 3.02. The number of rotatable bonds is 2. The van der Waals surface area contributed by atoms with Gasteiger partial charge in [-0.2, -0.15) is 0 Å². The molecule has 3 nitrogen and oxygen atoms in total. The van der Waals surface area contributed by atoms with Crippen LogP contribution in [0.4, 0.5) is 0 Å². The molecule has 0 spiro atoms. The van der Waals surface area contributed by atoms with Crippen LogP contribution in [0.5, 0.6) is 11.5 Å². The molecule has 0 radical (unpaired) electrons. The first-order valence-electron chi connectivity index (χ1n) is 4.08. The van der Waals surface area contributed by atoms with E-state index in [0.717, 1.165) is 11.1 Å². The number of phenolic OH excluding ortho intramolecular Hbond substituents is 1. The highest BCUT2D eigenvalue weighted by Gasteiger charge is 2.12. The number of ether oxygens (including phenoxy) is 1. The van der Waals surface area contributed by atoms with Gasteiger partial charge >= 0.3 is 0 Å². The SMILES string of the molecule is COc1c(C)c(CO)cc(C)c1O. The van der Waals surface area contributed by atoms with E-state index in [-0.39, 0.29) is 12.4 Å². The summed E-state index contributed by atoms with van der Waals surface area (Å²) in [6.07, 6.45) is 0. The standard InChI is InChI=1S/C10H14O3/c1-6-4-8(5-11)7(2)10(13-3)9(6)12/h4,11-12H,5H2,1-3H3. The lowest BCUT2D eigenvalue weighted by atomic mass is 10.0. The summed E-state index contributed by atoms with van der Waals surface area (Å²) >= 11 is 0. The molecule has 1 rings (SSSR count). The van der Waals surface area contributed by atoms with Crippen molar-refractivity contribution < 1.29 is 14.9 Å². The molecule has 2 N–H and O–H groups in total. The number of hydrogen-bond donors (Lipinski definition) is 2. The molecular weight excluding hydrogens is 168 g/mol. The molecule has 0 aromatic heterocycles. The Morgan fingerprint density at radius 3 is 2.46 bits per heavy atom. The zero-order valence-corrected chi connectivity index (χ0v) is 8.09. The van der Waals surface area contributed by atoms with E-state index in [4.69, 9.17) is 9.84 Å². The summed E-state index contributed by atoms with van der Waals surface area (Å²) in [5.41, 5.74) is 2.28. The Balaban J connectivity index is 3.39. The van der Waals surface area contributed by atoms with Crippen molar-refractivity contribution in [2.45, 2.75) is 20.5 Å². The number of hydrogen-bond acceptors (Lipinski definition) is 3. The number of aryl methyl sites for hydroxylation is 1. The lowest BCUT2D eigenvalue weighted by molar-refractivity contribution is 0.279. The number of aromatic hydroxyl groups is 1. The van der Waals surface area contributed by atoms with Crippen LogP contribution in [0.15, 0.2) is 6.07 Å². The Morgan fingerprint density at radius 1 is 1.38 bits per heavy atom. The van der Waals surface area contributed by atoms with Crippen LogP contribution in [0.3, 0.4) is 0 Å². The minimum absolute atomic E-state index is 0.0384. The second kappa shape index (κ2) is 3.66. The predicted octanol–water partition coefficient (Wildman–Crippen LogP) is 1.51. The highest BCUT2D eigenvalue weighted by atomic mass is 16.5. The third-order valence-electron chi connectivity index (χ3n) is 2.18. The lowest BCUT2D eigenvalue weighted by Crippen LogP contribution is -1.96. The summed E-state index contributed by atoms with van der Waals surface area (Å²) in [6.45, 7) is 3.54. The van der Waals surface area contributed by atoms with Gasteiger partial charge in [-0.25, -0.2) is 0 Å². The molecular formula is C10H14O3. The fourth-order valence-electron chi connectivity index (χ4n) is 1.35. The molecule has 0 unspecified atom stereocenters. The van der Waals surface area contributed by atoms with Crippen molar-refractivity contribution in [3.8, 4) is 11.5 Å². The number of methoxy groups -OCH3 is 1. The Labute approximate surface area is 77.6 Å². The molecule has 0 amide bonds. The molecule has 0 aliphatic heterocycles. The first-order valence-corrected chi connectivity index (χ1v) is 4.08. The van der Waals surface area contributed by atoms with Gasteiger partial charge in [0.1, 0.15) is 0 Å². The minimum atomic E-state index is -0.0384. The average Bonchev–Trinajstić information content (AvgIpc) is 2.12. The quantitative estimate of drug-likeness (QED) is 0.728. The Morgan fingerprint density at radius 2 is 2.00 bits per heavy atom. The topological polar surface area (TPSA) is 49.7 Å². The van der Waals surface area contributed by atoms with Crippen LogP contribution in [0.25, 0.3) is 0 Å². The fraction of sp³-hybridized carbons (Fsp3) is 0.400. The normalized spacial score (nSPS) is 10.2. The molecule has 13 heavy (non-hydrogen) atoms. The molecule has 1 aromatic carbocycles. The molecule has 72 valence electrons. The maximum atomic E-state index is 9.59. The van der Waals surface area contributed by atoms with Gasteiger partial charge in [-0.1, -0.05) is 0 Å². The minimum Gasteiger partial charge on any atom is -0.504 e. The van der Waals surface area contributed by atoms with Crippen molar-refractivity contribution in [3.63, 3.8) is 0 Å². The van der Waals surface area contributed by atoms with Crippen LogP contribution < -0.4 is 4.74 Å². The summed E-state index contributed by atoms with van der Waals surface area (Å²) in [5, 5.41) is 18.6. The van der Waals surface area contributed by atoms with Crippen LogP contribution in [-0.2, 0) is 6.61 Å². The molecule has 1 aromatic rings. The van der Waals surface area contributed by atoms with E-state index in [2.05, 4.69) is 0 Å². The van der Waals surface area contributed by atoms with Gasteiger partial charge in [0, 0.05) is 5.56 Å². The highest BCUT2D eigenvalue weighted by Crippen LogP contribution is 2.35. The molecule has 0 aliphatic rings. The lowest BCUT2D eigenvalue weighted by Gasteiger charge is -2.12. The zero-order chi connectivity index (χ0) is 10.0. The largest absolute Gasteiger partial charge is 0.504 e. The average molecular weight is 182 g/mol. The van der Waals surface area contributed by atoms with Gasteiger partial charge in [0.25, 0.3) is 0 Å². The van der Waals surface area contributed by atoms with Crippen LogP contribution in [0.1, 0.15) is 16.7 Å². The van der Waals surface area contributed by atoms with Crippen molar-refractivity contribution in [1.29, 1.82) is 0 Å². The van der Waals surface area contributed by atoms with Gasteiger partial charge in [0.05, 0.1) is 13.7 Å². The third kappa shape index (κ3) is 1.60. The molecule has 0 saturated carbocycles. The van der Waals surface area contributed by atoms with Crippen molar-refractivity contribution in [2.75, 3.05) is 7.11 Å². The second-order valence-corrected chi connectivity index (χ2v) is 3.02. The van der Waals surface area contributed by atoms with Gasteiger partial charge in [0.2, 0.25) is 0 Å². The van der Waals surface area contributed by atoms with Crippen molar-refractivity contribution >= 4 is 0 Å². The fourth-order valence-corrected chi connectivity index (χ4v) is 1.35. The maximum absolute atomic E-state index is 9.59. The van der Waals surface area contributed by atoms with Gasteiger partial charge in [-0.15, -0.1) is 0 Å². The van der Waals surface area contributed by atoms with E-state index in [1.807, 2.05) is 6.92 Å². The van der Waals surface area contributed by atoms with Crippen LogP contribution >= 0.6 is 0 Å². The highest BCUT2D eigenvalue weighted by molar-refractivity contribution is 5.53. The van der Waals surface area contributed by atoms with Crippen LogP contribution in [-0.4, -0.2) is 17.3 Å². The summed E-state index contributed by atoms with van der Waals surface area (Å²) < 4.78 is 5.04. The smallest absolute Gasteiger partial charge is 0.164 e. The molecule has 3 heteroatoms. The van der Waals surface area contributed by atoms with Crippen LogP contribution in [0.2, 0.25) is 0 Å². The third-order valence-corrected chi connectivity index (χ3v) is 2.18. The van der Waals surface area contributed by atoms with Crippen LogP contribution in [0, 0.1) is 13.8 Å². The van der Waals surface area contributed by atoms with Gasteiger partial charge in [-0.05, 0) is 31.0 Å². The molecule has 0 aliphatic carbocycles. The van der Waals surface area contributed by atoms with E-state index >= 15 is 0 Å². The Hall–Kier alpha value is -1.22. The van der Waals surface area contributed by atoms with E-state index in [9.17, 15) is 5.11 Å². The van der Waals surface area contributed by atoms with E-state index < -0.39 is 0 Å². The predicted molar refractivity (Wildman–Crippen MR) is 50.1 cm³/mol. The number of aliphatic hydroxyl groups is 1.